The van der Waals surface area contributed by atoms with Gasteiger partial charge in [0.25, 0.3) is 0 Å². The van der Waals surface area contributed by atoms with Crippen molar-refractivity contribution >= 4 is 27.3 Å². The Labute approximate surface area is 159 Å². The van der Waals surface area contributed by atoms with E-state index >= 15 is 0 Å². The van der Waals surface area contributed by atoms with E-state index in [1.807, 2.05) is 11.8 Å². The second kappa shape index (κ2) is 8.33. The first-order valence-corrected chi connectivity index (χ1v) is 11.2. The molecule has 1 aliphatic rings. The third-order valence-electron chi connectivity index (χ3n) is 4.68. The molecule has 0 saturated carbocycles. The zero-order chi connectivity index (χ0) is 18.6. The van der Waals surface area contributed by atoms with Crippen LogP contribution in [0.4, 0.5) is 0 Å². The Balaban J connectivity index is 1.45. The van der Waals surface area contributed by atoms with E-state index in [0.717, 1.165) is 6.42 Å². The molecule has 1 aromatic heterocycles. The summed E-state index contributed by atoms with van der Waals surface area (Å²) in [6.07, 6.45) is 2.54. The number of carbonyl (C=O) groups excluding carboxylic acids is 1. The number of benzene rings is 1. The topological polar surface area (TPSA) is 66.5 Å². The van der Waals surface area contributed by atoms with E-state index in [-0.39, 0.29) is 11.9 Å². The normalized spacial score (nSPS) is 16.0. The van der Waals surface area contributed by atoms with Gasteiger partial charge >= 0.3 is 0 Å². The molecule has 0 spiro atoms. The Morgan fingerprint density at radius 3 is 2.50 bits per heavy atom. The van der Waals surface area contributed by atoms with Gasteiger partial charge in [-0.2, -0.15) is 0 Å². The smallest absolute Gasteiger partial charge is 0.250 e. The molecule has 0 unspecified atom stereocenters. The van der Waals surface area contributed by atoms with Crippen molar-refractivity contribution < 1.29 is 13.2 Å². The maximum absolute atomic E-state index is 12.4. The van der Waals surface area contributed by atoms with Crippen LogP contribution in [0.5, 0.6) is 0 Å². The fourth-order valence-corrected chi connectivity index (χ4v) is 5.42. The van der Waals surface area contributed by atoms with Crippen LogP contribution in [-0.2, 0) is 21.2 Å². The number of nitrogens with zero attached hydrogens (tertiary/aromatic N) is 1. The first-order valence-electron chi connectivity index (χ1n) is 8.83. The van der Waals surface area contributed by atoms with E-state index < -0.39 is 10.0 Å². The summed E-state index contributed by atoms with van der Waals surface area (Å²) in [7, 11) is -3.44. The van der Waals surface area contributed by atoms with Gasteiger partial charge in [-0.3, -0.25) is 4.79 Å². The molecule has 0 atom stereocenters. The Hall–Kier alpha value is -1.70. The molecule has 7 heteroatoms. The number of carbonyl (C=O) groups is 1. The second-order valence-corrected chi connectivity index (χ2v) is 9.58. The highest BCUT2D eigenvalue weighted by atomic mass is 32.2. The lowest BCUT2D eigenvalue weighted by Crippen LogP contribution is -2.46. The third kappa shape index (κ3) is 4.93. The van der Waals surface area contributed by atoms with Gasteiger partial charge in [0.05, 0.1) is 0 Å². The summed E-state index contributed by atoms with van der Waals surface area (Å²) in [5.41, 5.74) is 2.38. The summed E-state index contributed by atoms with van der Waals surface area (Å²) >= 11 is 1.21. The Morgan fingerprint density at radius 2 is 1.88 bits per heavy atom. The predicted octanol–water partition coefficient (Wildman–Crippen LogP) is 2.96. The average molecular weight is 393 g/mol. The number of rotatable bonds is 6. The number of sulfonamides is 1. The SMILES string of the molecule is Cc1ccc(CCC(=O)N2CCC(NS(=O)(=O)c3cccs3)CC2)cc1. The van der Waals surface area contributed by atoms with E-state index in [1.165, 1.54) is 22.5 Å². The van der Waals surface area contributed by atoms with Gasteiger partial charge < -0.3 is 4.90 Å². The van der Waals surface area contributed by atoms with Gasteiger partial charge in [0.2, 0.25) is 15.9 Å². The molecular formula is C19H24N2O3S2. The average Bonchev–Trinajstić information content (AvgIpc) is 3.17. The summed E-state index contributed by atoms with van der Waals surface area (Å²) in [5, 5.41) is 1.75. The molecule has 0 aliphatic carbocycles. The fraction of sp³-hybridized carbons (Fsp3) is 0.421. The Morgan fingerprint density at radius 1 is 1.19 bits per heavy atom. The molecule has 1 saturated heterocycles. The van der Waals surface area contributed by atoms with Crippen molar-refractivity contribution in [2.75, 3.05) is 13.1 Å². The summed E-state index contributed by atoms with van der Waals surface area (Å²) < 4.78 is 27.7. The number of hydrogen-bond acceptors (Lipinski definition) is 4. The lowest BCUT2D eigenvalue weighted by Gasteiger charge is -2.32. The number of piperidine rings is 1. The van der Waals surface area contributed by atoms with Gasteiger partial charge in [-0.15, -0.1) is 11.3 Å². The number of hydrogen-bond donors (Lipinski definition) is 1. The lowest BCUT2D eigenvalue weighted by molar-refractivity contribution is -0.132. The quantitative estimate of drug-likeness (QED) is 0.822. The highest BCUT2D eigenvalue weighted by Gasteiger charge is 2.26. The van der Waals surface area contributed by atoms with Crippen LogP contribution in [0.3, 0.4) is 0 Å². The predicted molar refractivity (Wildman–Crippen MR) is 104 cm³/mol. The molecule has 3 rings (SSSR count). The molecule has 5 nitrogen and oxygen atoms in total. The van der Waals surface area contributed by atoms with Gasteiger partial charge in [0, 0.05) is 25.6 Å². The maximum atomic E-state index is 12.4. The van der Waals surface area contributed by atoms with Crippen LogP contribution in [0.2, 0.25) is 0 Å². The van der Waals surface area contributed by atoms with E-state index in [9.17, 15) is 13.2 Å². The Kier molecular flexibility index (Phi) is 6.11. The van der Waals surface area contributed by atoms with Crippen molar-refractivity contribution in [2.24, 2.45) is 0 Å². The molecule has 2 aromatic rings. The standard InChI is InChI=1S/C19H24N2O3S2/c1-15-4-6-16(7-5-15)8-9-18(22)21-12-10-17(11-13-21)20-26(23,24)19-3-2-14-25-19/h2-7,14,17,20H,8-13H2,1H3. The van der Waals surface area contributed by atoms with Gasteiger partial charge in [-0.25, -0.2) is 13.1 Å². The molecule has 0 radical (unpaired) electrons. The molecule has 1 N–H and O–H groups in total. The number of aryl methyl sites for hydroxylation is 2. The van der Waals surface area contributed by atoms with Crippen LogP contribution >= 0.6 is 11.3 Å². The van der Waals surface area contributed by atoms with Gasteiger partial charge in [0.1, 0.15) is 4.21 Å². The number of likely N-dealkylation sites (tertiary alicyclic amines) is 1. The second-order valence-electron chi connectivity index (χ2n) is 6.69. The summed E-state index contributed by atoms with van der Waals surface area (Å²) in [6, 6.07) is 11.5. The maximum Gasteiger partial charge on any atom is 0.250 e. The van der Waals surface area contributed by atoms with Crippen LogP contribution < -0.4 is 4.72 Å². The molecular weight excluding hydrogens is 368 g/mol. The minimum Gasteiger partial charge on any atom is -0.343 e. The van der Waals surface area contributed by atoms with Crippen LogP contribution in [-0.4, -0.2) is 38.4 Å². The van der Waals surface area contributed by atoms with Crippen molar-refractivity contribution in [1.29, 1.82) is 0 Å². The van der Waals surface area contributed by atoms with Gasteiger partial charge in [-0.05, 0) is 43.2 Å². The first-order chi connectivity index (χ1) is 12.4. The zero-order valence-corrected chi connectivity index (χ0v) is 16.5. The van der Waals surface area contributed by atoms with E-state index in [4.69, 9.17) is 0 Å². The summed E-state index contributed by atoms with van der Waals surface area (Å²) in [6.45, 7) is 3.25. The summed E-state index contributed by atoms with van der Waals surface area (Å²) in [5.74, 6) is 0.144. The number of amides is 1. The van der Waals surface area contributed by atoms with Gasteiger partial charge in [0.15, 0.2) is 0 Å². The molecule has 2 heterocycles. The number of thiophene rings is 1. The van der Waals surface area contributed by atoms with Crippen LogP contribution in [0.15, 0.2) is 46.0 Å². The van der Waals surface area contributed by atoms with Crippen molar-refractivity contribution in [3.63, 3.8) is 0 Å². The Bertz CT molecular complexity index is 822. The minimum atomic E-state index is -3.44. The lowest BCUT2D eigenvalue weighted by atomic mass is 10.0. The molecule has 0 bridgehead atoms. The highest BCUT2D eigenvalue weighted by molar-refractivity contribution is 7.91. The molecule has 1 aromatic carbocycles. The van der Waals surface area contributed by atoms with E-state index in [0.29, 0.717) is 36.6 Å². The van der Waals surface area contributed by atoms with Crippen molar-refractivity contribution in [1.82, 2.24) is 9.62 Å². The van der Waals surface area contributed by atoms with Crippen molar-refractivity contribution in [2.45, 2.75) is 42.9 Å². The molecule has 1 amide bonds. The largest absolute Gasteiger partial charge is 0.343 e. The van der Waals surface area contributed by atoms with E-state index in [1.54, 1.807) is 17.5 Å². The van der Waals surface area contributed by atoms with Crippen molar-refractivity contribution in [3.05, 3.63) is 52.9 Å². The third-order valence-corrected chi connectivity index (χ3v) is 7.60. The minimum absolute atomic E-state index is 0.108. The monoisotopic (exact) mass is 392 g/mol. The van der Waals surface area contributed by atoms with Crippen LogP contribution in [0, 0.1) is 6.92 Å². The first kappa shape index (κ1) is 19.1. The number of nitrogens with one attached hydrogen (secondary N) is 1. The molecule has 26 heavy (non-hydrogen) atoms. The van der Waals surface area contributed by atoms with Crippen molar-refractivity contribution in [3.8, 4) is 0 Å². The van der Waals surface area contributed by atoms with Gasteiger partial charge in [-0.1, -0.05) is 35.9 Å². The van der Waals surface area contributed by atoms with Crippen LogP contribution in [0.25, 0.3) is 0 Å². The fourth-order valence-electron chi connectivity index (χ4n) is 3.10. The van der Waals surface area contributed by atoms with E-state index in [2.05, 4.69) is 29.0 Å². The zero-order valence-electron chi connectivity index (χ0n) is 14.8. The molecule has 140 valence electrons. The van der Waals surface area contributed by atoms with Crippen LogP contribution in [0.1, 0.15) is 30.4 Å². The summed E-state index contributed by atoms with van der Waals surface area (Å²) in [4.78, 5) is 14.3. The highest BCUT2D eigenvalue weighted by Crippen LogP contribution is 2.19. The molecule has 1 aliphatic heterocycles. The molecule has 1 fully saturated rings.